The number of nitrogens with one attached hydrogen (secondary N) is 1. The minimum Gasteiger partial charge on any atom is -0.451 e. The molecule has 1 atom stereocenters. The van der Waals surface area contributed by atoms with E-state index >= 15 is 0 Å². The number of halogens is 2. The second kappa shape index (κ2) is 8.03. The molecule has 1 aromatic rings. The van der Waals surface area contributed by atoms with Crippen LogP contribution in [-0.4, -0.2) is 32.8 Å². The van der Waals surface area contributed by atoms with Crippen molar-refractivity contribution in [2.45, 2.75) is 44.1 Å². The highest BCUT2D eigenvalue weighted by Crippen LogP contribution is 2.30. The van der Waals surface area contributed by atoms with Crippen LogP contribution in [0.5, 0.6) is 0 Å². The number of ketones is 1. The predicted octanol–water partition coefficient (Wildman–Crippen LogP) is 3.21. The van der Waals surface area contributed by atoms with Gasteiger partial charge in [0.25, 0.3) is 0 Å². The van der Waals surface area contributed by atoms with E-state index in [4.69, 9.17) is 27.9 Å². The molecule has 0 heterocycles. The van der Waals surface area contributed by atoms with Crippen molar-refractivity contribution in [3.05, 3.63) is 27.7 Å². The first kappa shape index (κ1) is 20.2. The summed E-state index contributed by atoms with van der Waals surface area (Å²) in [6.07, 6.45) is 0.671. The Hall–Kier alpha value is -1.15. The van der Waals surface area contributed by atoms with E-state index < -0.39 is 22.1 Å². The van der Waals surface area contributed by atoms with Crippen molar-refractivity contribution < 1.29 is 22.7 Å². The van der Waals surface area contributed by atoms with Gasteiger partial charge < -0.3 is 4.74 Å². The molecule has 0 bridgehead atoms. The zero-order valence-electron chi connectivity index (χ0n) is 13.8. The molecule has 138 valence electrons. The van der Waals surface area contributed by atoms with E-state index in [1.807, 2.05) is 13.8 Å². The fourth-order valence-electron chi connectivity index (χ4n) is 2.35. The highest BCUT2D eigenvalue weighted by molar-refractivity contribution is 7.89. The molecule has 25 heavy (non-hydrogen) atoms. The van der Waals surface area contributed by atoms with Gasteiger partial charge in [-0.05, 0) is 30.9 Å². The van der Waals surface area contributed by atoms with Gasteiger partial charge in [0, 0.05) is 13.0 Å². The molecule has 1 fully saturated rings. The van der Waals surface area contributed by atoms with Crippen LogP contribution in [0.15, 0.2) is 17.0 Å². The van der Waals surface area contributed by atoms with Crippen LogP contribution < -0.4 is 4.72 Å². The third-order valence-electron chi connectivity index (χ3n) is 3.71. The summed E-state index contributed by atoms with van der Waals surface area (Å²) in [4.78, 5) is 23.7. The third-order valence-corrected chi connectivity index (χ3v) is 5.91. The standard InChI is InChI=1S/C16H19Cl2NO5S/c1-9(2)8-19-25(22,23)15-6-10(11(17)7-12(15)18)16(21)24-14-5-3-4-13(14)20/h6-7,9,14,19H,3-5,8H2,1-2H3/t14-/m0/s1. The molecule has 1 aliphatic carbocycles. The molecule has 0 unspecified atom stereocenters. The summed E-state index contributed by atoms with van der Waals surface area (Å²) >= 11 is 12.0. The van der Waals surface area contributed by atoms with Gasteiger partial charge in [-0.3, -0.25) is 4.79 Å². The summed E-state index contributed by atoms with van der Waals surface area (Å²) in [5.74, 6) is -0.897. The van der Waals surface area contributed by atoms with Crippen molar-refractivity contribution in [3.8, 4) is 0 Å². The number of sulfonamides is 1. The monoisotopic (exact) mass is 407 g/mol. The normalized spacial score (nSPS) is 18.0. The molecule has 1 saturated carbocycles. The number of hydrogen-bond donors (Lipinski definition) is 1. The minimum absolute atomic E-state index is 0.0387. The quantitative estimate of drug-likeness (QED) is 0.731. The maximum absolute atomic E-state index is 12.4. The van der Waals surface area contributed by atoms with Crippen molar-refractivity contribution in [2.75, 3.05) is 6.54 Å². The lowest BCUT2D eigenvalue weighted by Gasteiger charge is -2.14. The second-order valence-corrected chi connectivity index (χ2v) is 8.81. The molecule has 0 radical (unpaired) electrons. The van der Waals surface area contributed by atoms with Crippen LogP contribution in [0.3, 0.4) is 0 Å². The van der Waals surface area contributed by atoms with E-state index in [-0.39, 0.29) is 38.8 Å². The summed E-state index contributed by atoms with van der Waals surface area (Å²) in [6, 6.07) is 2.26. The van der Waals surface area contributed by atoms with Crippen LogP contribution in [0.25, 0.3) is 0 Å². The Bertz CT molecular complexity index is 792. The van der Waals surface area contributed by atoms with Gasteiger partial charge in [0.2, 0.25) is 10.0 Å². The van der Waals surface area contributed by atoms with E-state index in [2.05, 4.69) is 4.72 Å². The Balaban J connectivity index is 2.30. The highest BCUT2D eigenvalue weighted by atomic mass is 35.5. The van der Waals surface area contributed by atoms with Crippen LogP contribution in [0, 0.1) is 5.92 Å². The van der Waals surface area contributed by atoms with Crippen LogP contribution >= 0.6 is 23.2 Å². The number of esters is 1. The number of benzene rings is 1. The third kappa shape index (κ3) is 4.94. The van der Waals surface area contributed by atoms with E-state index in [0.717, 1.165) is 6.07 Å². The number of hydrogen-bond acceptors (Lipinski definition) is 5. The fourth-order valence-corrected chi connectivity index (χ4v) is 4.41. The number of rotatable bonds is 6. The van der Waals surface area contributed by atoms with E-state index in [9.17, 15) is 18.0 Å². The Morgan fingerprint density at radius 2 is 2.00 bits per heavy atom. The van der Waals surface area contributed by atoms with Crippen LogP contribution in [0.1, 0.15) is 43.5 Å². The number of carbonyl (C=O) groups excluding carboxylic acids is 2. The zero-order chi connectivity index (χ0) is 18.8. The van der Waals surface area contributed by atoms with Gasteiger partial charge in [-0.15, -0.1) is 0 Å². The Morgan fingerprint density at radius 1 is 1.32 bits per heavy atom. The van der Waals surface area contributed by atoms with Crippen LogP contribution in [-0.2, 0) is 19.6 Å². The molecule has 6 nitrogen and oxygen atoms in total. The lowest BCUT2D eigenvalue weighted by molar-refractivity contribution is -0.124. The topological polar surface area (TPSA) is 89.5 Å². The molecule has 1 aliphatic rings. The maximum Gasteiger partial charge on any atom is 0.340 e. The lowest BCUT2D eigenvalue weighted by atomic mass is 10.2. The van der Waals surface area contributed by atoms with Gasteiger partial charge in [0.1, 0.15) is 4.90 Å². The van der Waals surface area contributed by atoms with Crippen molar-refractivity contribution in [1.29, 1.82) is 0 Å². The summed E-state index contributed by atoms with van der Waals surface area (Å²) in [7, 11) is -3.91. The average molecular weight is 408 g/mol. The Labute approximate surface area is 156 Å². The molecule has 1 N–H and O–H groups in total. The summed E-state index contributed by atoms with van der Waals surface area (Å²) in [5.41, 5.74) is -0.143. The average Bonchev–Trinajstić information content (AvgIpc) is 2.90. The Morgan fingerprint density at radius 3 is 2.56 bits per heavy atom. The molecule has 0 saturated heterocycles. The van der Waals surface area contributed by atoms with Crippen molar-refractivity contribution >= 4 is 45.0 Å². The van der Waals surface area contributed by atoms with Gasteiger partial charge in [-0.1, -0.05) is 37.0 Å². The maximum atomic E-state index is 12.4. The minimum atomic E-state index is -3.91. The van der Waals surface area contributed by atoms with E-state index in [0.29, 0.717) is 19.3 Å². The van der Waals surface area contributed by atoms with Crippen molar-refractivity contribution in [2.24, 2.45) is 5.92 Å². The smallest absolute Gasteiger partial charge is 0.340 e. The summed E-state index contributed by atoms with van der Waals surface area (Å²) in [5, 5.41) is -0.141. The molecular weight excluding hydrogens is 389 g/mol. The number of carbonyl (C=O) groups is 2. The number of Topliss-reactive ketones (excluding diaryl/α,β-unsaturated/α-hetero) is 1. The summed E-state index contributed by atoms with van der Waals surface area (Å²) in [6.45, 7) is 3.93. The molecule has 0 aliphatic heterocycles. The highest BCUT2D eigenvalue weighted by Gasteiger charge is 2.30. The molecule has 0 spiro atoms. The molecule has 9 heteroatoms. The molecule has 1 aromatic carbocycles. The van der Waals surface area contributed by atoms with Gasteiger partial charge in [-0.25, -0.2) is 17.9 Å². The first-order valence-corrected chi connectivity index (χ1v) is 10.1. The van der Waals surface area contributed by atoms with Crippen molar-refractivity contribution in [3.63, 3.8) is 0 Å². The van der Waals surface area contributed by atoms with Crippen LogP contribution in [0.4, 0.5) is 0 Å². The molecule has 2 rings (SSSR count). The first-order chi connectivity index (χ1) is 11.6. The fraction of sp³-hybridized carbons (Fsp3) is 0.500. The van der Waals surface area contributed by atoms with E-state index in [1.54, 1.807) is 0 Å². The number of ether oxygens (including phenoxy) is 1. The van der Waals surface area contributed by atoms with Crippen LogP contribution in [0.2, 0.25) is 10.0 Å². The second-order valence-electron chi connectivity index (χ2n) is 6.26. The molecule has 0 amide bonds. The zero-order valence-corrected chi connectivity index (χ0v) is 16.2. The lowest BCUT2D eigenvalue weighted by Crippen LogP contribution is -2.28. The molecule has 0 aromatic heterocycles. The first-order valence-electron chi connectivity index (χ1n) is 7.84. The summed E-state index contributed by atoms with van der Waals surface area (Å²) < 4.78 is 32.4. The van der Waals surface area contributed by atoms with E-state index in [1.165, 1.54) is 6.07 Å². The van der Waals surface area contributed by atoms with Gasteiger partial charge in [0.15, 0.2) is 11.9 Å². The predicted molar refractivity (Wildman–Crippen MR) is 94.6 cm³/mol. The SMILES string of the molecule is CC(C)CNS(=O)(=O)c1cc(C(=O)O[C@H]2CCCC2=O)c(Cl)cc1Cl. The van der Waals surface area contributed by atoms with Gasteiger partial charge >= 0.3 is 5.97 Å². The molecular formula is C16H19Cl2NO5S. The van der Waals surface area contributed by atoms with Crippen molar-refractivity contribution in [1.82, 2.24) is 4.72 Å². The van der Waals surface area contributed by atoms with Gasteiger partial charge in [0.05, 0.1) is 15.6 Å². The largest absolute Gasteiger partial charge is 0.451 e. The Kier molecular flexibility index (Phi) is 6.48. The van der Waals surface area contributed by atoms with Gasteiger partial charge in [-0.2, -0.15) is 0 Å².